The van der Waals surface area contributed by atoms with Crippen LogP contribution in [-0.2, 0) is 9.47 Å². The number of anilines is 2. The van der Waals surface area contributed by atoms with Crippen molar-refractivity contribution < 1.29 is 19.1 Å². The molecule has 0 saturated carbocycles. The van der Waals surface area contributed by atoms with E-state index in [1.165, 1.54) is 16.1 Å². The molecule has 5 rings (SSSR count). The van der Waals surface area contributed by atoms with Crippen LogP contribution in [0.5, 0.6) is 0 Å². The number of ether oxygens (including phenoxy) is 2. The van der Waals surface area contributed by atoms with E-state index in [2.05, 4.69) is 41.1 Å². The molecule has 2 amide bonds. The van der Waals surface area contributed by atoms with Crippen molar-refractivity contribution in [3.05, 3.63) is 47.7 Å². The fourth-order valence-electron chi connectivity index (χ4n) is 3.86. The molecule has 38 heavy (non-hydrogen) atoms. The van der Waals surface area contributed by atoms with E-state index in [0.717, 1.165) is 4.70 Å². The van der Waals surface area contributed by atoms with Crippen LogP contribution < -0.4 is 16.0 Å². The van der Waals surface area contributed by atoms with Crippen LogP contribution in [0.1, 0.15) is 37.6 Å². The Labute approximate surface area is 222 Å². The highest BCUT2D eigenvalue weighted by Gasteiger charge is 2.30. The average molecular weight is 538 g/mol. The van der Waals surface area contributed by atoms with Crippen molar-refractivity contribution in [1.82, 2.24) is 35.3 Å². The number of fused-ring (bicyclic) bond motifs is 1. The van der Waals surface area contributed by atoms with E-state index in [4.69, 9.17) is 9.47 Å². The number of amides is 2. The topological polar surface area (TPSA) is 158 Å². The van der Waals surface area contributed by atoms with E-state index in [-0.39, 0.29) is 18.0 Å². The quantitative estimate of drug-likeness (QED) is 0.334. The first-order valence-corrected chi connectivity index (χ1v) is 12.9. The van der Waals surface area contributed by atoms with Gasteiger partial charge in [0.15, 0.2) is 5.82 Å². The lowest BCUT2D eigenvalue weighted by Gasteiger charge is -2.33. The van der Waals surface area contributed by atoms with Gasteiger partial charge in [-0.2, -0.15) is 10.2 Å². The maximum absolute atomic E-state index is 13.1. The number of pyridine rings is 1. The van der Waals surface area contributed by atoms with Gasteiger partial charge in [0.25, 0.3) is 5.91 Å². The highest BCUT2D eigenvalue weighted by molar-refractivity contribution is 7.17. The Hall–Kier alpha value is -4.17. The monoisotopic (exact) mass is 537 g/mol. The lowest BCUT2D eigenvalue weighted by Crippen LogP contribution is -2.53. The minimum absolute atomic E-state index is 0.188. The molecular formula is C24H27N9O4S. The molecule has 198 valence electrons. The Morgan fingerprint density at radius 2 is 1.97 bits per heavy atom. The van der Waals surface area contributed by atoms with Crippen LogP contribution >= 0.6 is 11.3 Å². The van der Waals surface area contributed by atoms with Crippen molar-refractivity contribution in [3.63, 3.8) is 0 Å². The summed E-state index contributed by atoms with van der Waals surface area (Å²) >= 11 is 1.37. The van der Waals surface area contributed by atoms with Crippen molar-refractivity contribution in [3.8, 4) is 5.82 Å². The number of hydrogen-bond acceptors (Lipinski definition) is 11. The minimum atomic E-state index is -0.612. The van der Waals surface area contributed by atoms with Gasteiger partial charge in [-0.3, -0.25) is 4.79 Å². The van der Waals surface area contributed by atoms with Gasteiger partial charge in [0.1, 0.15) is 11.4 Å². The van der Waals surface area contributed by atoms with E-state index in [1.807, 2.05) is 0 Å². The number of aromatic nitrogens is 6. The smallest absolute Gasteiger partial charge is 0.408 e. The summed E-state index contributed by atoms with van der Waals surface area (Å²) in [7, 11) is 0. The SMILES string of the molecule is CC(C)(C)OC(=O)N[C@H]1COCC[C@H]1Nc1ncc2scc(C(=O)Nc3cccc(-n4nccn4)n3)c2n1. The number of nitrogens with one attached hydrogen (secondary N) is 3. The molecule has 4 aromatic rings. The lowest BCUT2D eigenvalue weighted by atomic mass is 10.0. The fourth-order valence-corrected chi connectivity index (χ4v) is 4.70. The number of hydrogen-bond donors (Lipinski definition) is 3. The Balaban J connectivity index is 1.31. The number of rotatable bonds is 6. The van der Waals surface area contributed by atoms with E-state index in [1.54, 1.807) is 62.9 Å². The second kappa shape index (κ2) is 10.7. The van der Waals surface area contributed by atoms with Crippen LogP contribution in [-0.4, -0.2) is 72.8 Å². The summed E-state index contributed by atoms with van der Waals surface area (Å²) in [4.78, 5) is 40.3. The van der Waals surface area contributed by atoms with Crippen LogP contribution in [0.4, 0.5) is 16.6 Å². The molecule has 0 radical (unpaired) electrons. The van der Waals surface area contributed by atoms with Crippen LogP contribution in [0, 0.1) is 0 Å². The second-order valence-corrected chi connectivity index (χ2v) is 10.5. The van der Waals surface area contributed by atoms with Gasteiger partial charge < -0.3 is 25.4 Å². The summed E-state index contributed by atoms with van der Waals surface area (Å²) in [5.74, 6) is 0.824. The maximum Gasteiger partial charge on any atom is 0.408 e. The van der Waals surface area contributed by atoms with Crippen molar-refractivity contribution in [2.45, 2.75) is 44.9 Å². The summed E-state index contributed by atoms with van der Waals surface area (Å²) in [6.45, 7) is 6.27. The van der Waals surface area contributed by atoms with Crippen LogP contribution in [0.25, 0.3) is 16.0 Å². The van der Waals surface area contributed by atoms with Crippen molar-refractivity contribution in [2.75, 3.05) is 23.8 Å². The molecule has 0 unspecified atom stereocenters. The van der Waals surface area contributed by atoms with Gasteiger partial charge in [0, 0.05) is 12.0 Å². The third kappa shape index (κ3) is 6.03. The first-order valence-electron chi connectivity index (χ1n) is 12.0. The predicted molar refractivity (Wildman–Crippen MR) is 141 cm³/mol. The lowest BCUT2D eigenvalue weighted by molar-refractivity contribution is 0.0317. The average Bonchev–Trinajstić information content (AvgIpc) is 3.55. The van der Waals surface area contributed by atoms with Gasteiger partial charge in [-0.15, -0.1) is 16.1 Å². The summed E-state index contributed by atoms with van der Waals surface area (Å²) in [5.41, 5.74) is 0.299. The van der Waals surface area contributed by atoms with E-state index >= 15 is 0 Å². The molecular weight excluding hydrogens is 510 g/mol. The number of carbonyl (C=O) groups excluding carboxylic acids is 2. The zero-order chi connectivity index (χ0) is 26.7. The third-order valence-electron chi connectivity index (χ3n) is 5.53. The zero-order valence-electron chi connectivity index (χ0n) is 21.0. The molecule has 3 N–H and O–H groups in total. The van der Waals surface area contributed by atoms with E-state index in [0.29, 0.717) is 48.3 Å². The first-order chi connectivity index (χ1) is 18.2. The minimum Gasteiger partial charge on any atom is -0.444 e. The Bertz CT molecular complexity index is 1430. The molecule has 5 heterocycles. The van der Waals surface area contributed by atoms with Gasteiger partial charge in [0.2, 0.25) is 5.95 Å². The molecule has 0 aromatic carbocycles. The first kappa shape index (κ1) is 25.5. The normalized spacial score (nSPS) is 17.7. The van der Waals surface area contributed by atoms with Gasteiger partial charge in [-0.1, -0.05) is 6.07 Å². The van der Waals surface area contributed by atoms with Crippen molar-refractivity contribution in [1.29, 1.82) is 0 Å². The number of thiophene rings is 1. The van der Waals surface area contributed by atoms with Crippen LogP contribution in [0.15, 0.2) is 42.2 Å². The molecule has 13 nitrogen and oxygen atoms in total. The molecule has 1 fully saturated rings. The maximum atomic E-state index is 13.1. The number of nitrogens with zero attached hydrogens (tertiary/aromatic N) is 6. The zero-order valence-corrected chi connectivity index (χ0v) is 21.9. The molecule has 1 aliphatic rings. The molecule has 0 aliphatic carbocycles. The van der Waals surface area contributed by atoms with E-state index < -0.39 is 11.7 Å². The van der Waals surface area contributed by atoms with Gasteiger partial charge >= 0.3 is 6.09 Å². The molecule has 1 saturated heterocycles. The number of carbonyl (C=O) groups is 2. The molecule has 1 aliphatic heterocycles. The van der Waals surface area contributed by atoms with Gasteiger partial charge in [-0.25, -0.2) is 19.7 Å². The summed E-state index contributed by atoms with van der Waals surface area (Å²) in [6.07, 6.45) is 4.88. The molecule has 0 spiro atoms. The number of alkyl carbamates (subject to hydrolysis) is 1. The third-order valence-corrected chi connectivity index (χ3v) is 6.44. The molecule has 14 heteroatoms. The highest BCUT2D eigenvalue weighted by Crippen LogP contribution is 2.26. The summed E-state index contributed by atoms with van der Waals surface area (Å²) < 4.78 is 11.7. The molecule has 2 atom stereocenters. The van der Waals surface area contributed by atoms with Crippen molar-refractivity contribution in [2.24, 2.45) is 0 Å². The van der Waals surface area contributed by atoms with Crippen LogP contribution in [0.2, 0.25) is 0 Å². The van der Waals surface area contributed by atoms with Gasteiger partial charge in [0.05, 0.1) is 53.1 Å². The van der Waals surface area contributed by atoms with Gasteiger partial charge in [-0.05, 0) is 39.3 Å². The molecule has 4 aromatic heterocycles. The standard InChI is InChI=1S/C24H27N9O4S/c1-24(2,3)37-23(35)29-16-12-36-10-7-15(16)28-22-25-11-17-20(32-22)14(13-38-17)21(34)31-18-5-4-6-19(30-18)33-26-8-9-27-33/h4-6,8-9,11,13,15-16H,7,10,12H2,1-3H3,(H,29,35)(H,25,28,32)(H,30,31,34)/t15-,16+/m1/s1. The predicted octanol–water partition coefficient (Wildman–Crippen LogP) is 3.01. The highest BCUT2D eigenvalue weighted by atomic mass is 32.1. The fraction of sp³-hybridized carbons (Fsp3) is 0.375. The largest absolute Gasteiger partial charge is 0.444 e. The Kier molecular flexibility index (Phi) is 7.15. The second-order valence-electron chi connectivity index (χ2n) is 9.58. The van der Waals surface area contributed by atoms with E-state index in [9.17, 15) is 9.59 Å². The van der Waals surface area contributed by atoms with Crippen LogP contribution in [0.3, 0.4) is 0 Å². The Morgan fingerprint density at radius 1 is 1.16 bits per heavy atom. The van der Waals surface area contributed by atoms with Crippen molar-refractivity contribution >= 4 is 45.3 Å². The molecule has 0 bridgehead atoms. The Morgan fingerprint density at radius 3 is 2.76 bits per heavy atom. The summed E-state index contributed by atoms with van der Waals surface area (Å²) in [5, 5.41) is 18.8. The summed E-state index contributed by atoms with van der Waals surface area (Å²) in [6, 6.07) is 4.65.